The van der Waals surface area contributed by atoms with E-state index >= 15 is 0 Å². The topological polar surface area (TPSA) is 30.5 Å². The first-order chi connectivity index (χ1) is 8.60. The highest BCUT2D eigenvalue weighted by Crippen LogP contribution is 2.39. The van der Waals surface area contributed by atoms with Gasteiger partial charge in [0.1, 0.15) is 5.75 Å². The zero-order valence-corrected chi connectivity index (χ0v) is 11.9. The number of likely N-dealkylation sites (N-methyl/N-ethyl adjacent to an activating group) is 1. The summed E-state index contributed by atoms with van der Waals surface area (Å²) in [6.45, 7) is 2.98. The Morgan fingerprint density at radius 3 is 2.78 bits per heavy atom. The molecule has 1 heterocycles. The van der Waals surface area contributed by atoms with Gasteiger partial charge in [-0.3, -0.25) is 0 Å². The van der Waals surface area contributed by atoms with Crippen molar-refractivity contribution in [3.8, 4) is 5.75 Å². The van der Waals surface area contributed by atoms with Gasteiger partial charge < -0.3 is 14.8 Å². The molecule has 1 N–H and O–H groups in total. The summed E-state index contributed by atoms with van der Waals surface area (Å²) in [4.78, 5) is 0. The Morgan fingerprint density at radius 1 is 1.50 bits per heavy atom. The fourth-order valence-electron chi connectivity index (χ4n) is 2.72. The van der Waals surface area contributed by atoms with Crippen LogP contribution in [0.15, 0.2) is 18.2 Å². The van der Waals surface area contributed by atoms with E-state index in [1.807, 2.05) is 25.2 Å². The van der Waals surface area contributed by atoms with E-state index in [-0.39, 0.29) is 11.6 Å². The Bertz CT molecular complexity index is 416. The zero-order chi connectivity index (χ0) is 13.2. The minimum absolute atomic E-state index is 0.142. The molecule has 18 heavy (non-hydrogen) atoms. The molecule has 0 amide bonds. The molecule has 100 valence electrons. The van der Waals surface area contributed by atoms with Gasteiger partial charge in [-0.25, -0.2) is 0 Å². The minimum Gasteiger partial charge on any atom is -0.495 e. The Morgan fingerprint density at radius 2 is 2.28 bits per heavy atom. The van der Waals surface area contributed by atoms with Crippen molar-refractivity contribution in [3.05, 3.63) is 28.8 Å². The van der Waals surface area contributed by atoms with Crippen LogP contribution in [0.2, 0.25) is 5.02 Å². The fraction of sp³-hybridized carbons (Fsp3) is 0.571. The van der Waals surface area contributed by atoms with Crippen molar-refractivity contribution in [1.29, 1.82) is 0 Å². The van der Waals surface area contributed by atoms with Gasteiger partial charge in [-0.15, -0.1) is 0 Å². The smallest absolute Gasteiger partial charge is 0.137 e. The molecule has 1 aromatic rings. The maximum absolute atomic E-state index is 6.19. The first kappa shape index (κ1) is 13.7. The Balaban J connectivity index is 2.30. The van der Waals surface area contributed by atoms with Crippen molar-refractivity contribution in [1.82, 2.24) is 5.32 Å². The Kier molecular flexibility index (Phi) is 4.15. The van der Waals surface area contributed by atoms with Crippen LogP contribution in [0.5, 0.6) is 5.75 Å². The Hall–Kier alpha value is -0.770. The Labute approximate surface area is 113 Å². The lowest BCUT2D eigenvalue weighted by molar-refractivity contribution is -0.0104. The van der Waals surface area contributed by atoms with Gasteiger partial charge in [-0.1, -0.05) is 17.7 Å². The van der Waals surface area contributed by atoms with E-state index in [9.17, 15) is 0 Å². The predicted octanol–water partition coefficient (Wildman–Crippen LogP) is 3.18. The normalized spacial score (nSPS) is 25.1. The van der Waals surface area contributed by atoms with Crippen LogP contribution in [0.3, 0.4) is 0 Å². The first-order valence-corrected chi connectivity index (χ1v) is 6.63. The number of ether oxygens (including phenoxy) is 2. The molecule has 2 unspecified atom stereocenters. The highest BCUT2D eigenvalue weighted by Gasteiger charge is 2.38. The molecule has 2 atom stereocenters. The average molecular weight is 270 g/mol. The van der Waals surface area contributed by atoms with Crippen LogP contribution in [0.1, 0.15) is 31.4 Å². The van der Waals surface area contributed by atoms with Crippen LogP contribution >= 0.6 is 11.6 Å². The van der Waals surface area contributed by atoms with Crippen molar-refractivity contribution in [3.63, 3.8) is 0 Å². The van der Waals surface area contributed by atoms with Crippen LogP contribution < -0.4 is 10.1 Å². The molecule has 0 saturated carbocycles. The van der Waals surface area contributed by atoms with Crippen molar-refractivity contribution in [2.75, 3.05) is 20.8 Å². The van der Waals surface area contributed by atoms with E-state index in [0.29, 0.717) is 10.8 Å². The molecule has 0 aliphatic carbocycles. The molecule has 3 nitrogen and oxygen atoms in total. The predicted molar refractivity (Wildman–Crippen MR) is 73.4 cm³/mol. The number of halogens is 1. The lowest BCUT2D eigenvalue weighted by Gasteiger charge is -2.33. The molecular weight excluding hydrogens is 250 g/mol. The van der Waals surface area contributed by atoms with Gasteiger partial charge in [0, 0.05) is 6.61 Å². The number of methoxy groups -OCH3 is 1. The summed E-state index contributed by atoms with van der Waals surface area (Å²) < 4.78 is 11.1. The summed E-state index contributed by atoms with van der Waals surface area (Å²) in [5, 5.41) is 3.98. The molecule has 1 saturated heterocycles. The second-order valence-electron chi connectivity index (χ2n) is 4.88. The summed E-state index contributed by atoms with van der Waals surface area (Å²) in [6, 6.07) is 6.04. The van der Waals surface area contributed by atoms with Gasteiger partial charge in [0.2, 0.25) is 0 Å². The second-order valence-corrected chi connectivity index (χ2v) is 5.29. The van der Waals surface area contributed by atoms with E-state index in [0.717, 1.165) is 25.0 Å². The number of hydrogen-bond donors (Lipinski definition) is 1. The maximum atomic E-state index is 6.19. The van der Waals surface area contributed by atoms with Gasteiger partial charge in [0.05, 0.1) is 23.8 Å². The van der Waals surface area contributed by atoms with Crippen molar-refractivity contribution in [2.45, 2.75) is 31.4 Å². The summed E-state index contributed by atoms with van der Waals surface area (Å²) in [5.74, 6) is 0.702. The lowest BCUT2D eigenvalue weighted by Crippen LogP contribution is -2.39. The number of hydrogen-bond acceptors (Lipinski definition) is 3. The van der Waals surface area contributed by atoms with Gasteiger partial charge in [0.15, 0.2) is 0 Å². The van der Waals surface area contributed by atoms with E-state index < -0.39 is 0 Å². The monoisotopic (exact) mass is 269 g/mol. The molecule has 1 aromatic carbocycles. The summed E-state index contributed by atoms with van der Waals surface area (Å²) in [5.41, 5.74) is 0.972. The van der Waals surface area contributed by atoms with Gasteiger partial charge in [0.25, 0.3) is 0 Å². The minimum atomic E-state index is -0.160. The maximum Gasteiger partial charge on any atom is 0.137 e. The van der Waals surface area contributed by atoms with E-state index in [2.05, 4.69) is 12.2 Å². The number of benzene rings is 1. The first-order valence-electron chi connectivity index (χ1n) is 6.25. The van der Waals surface area contributed by atoms with Crippen LogP contribution in [-0.4, -0.2) is 26.4 Å². The molecule has 1 aliphatic heterocycles. The van der Waals surface area contributed by atoms with Crippen LogP contribution in [0, 0.1) is 0 Å². The van der Waals surface area contributed by atoms with Crippen molar-refractivity contribution in [2.24, 2.45) is 0 Å². The molecule has 1 fully saturated rings. The van der Waals surface area contributed by atoms with Gasteiger partial charge >= 0.3 is 0 Å². The number of rotatable bonds is 4. The third-order valence-electron chi connectivity index (χ3n) is 3.66. The van der Waals surface area contributed by atoms with E-state index in [1.54, 1.807) is 7.11 Å². The standard InChI is InChI=1S/C14H20ClNO2/c1-14(7-4-8-18-14)13(16-2)10-5-6-12(17-3)11(15)9-10/h5-6,9,13,16H,4,7-8H2,1-3H3. The molecular formula is C14H20ClNO2. The molecule has 0 aromatic heterocycles. The third kappa shape index (κ3) is 2.48. The quantitative estimate of drug-likeness (QED) is 0.911. The average Bonchev–Trinajstić information content (AvgIpc) is 2.78. The van der Waals surface area contributed by atoms with Crippen LogP contribution in [-0.2, 0) is 4.74 Å². The molecule has 0 radical (unpaired) electrons. The molecule has 0 bridgehead atoms. The van der Waals surface area contributed by atoms with E-state index in [4.69, 9.17) is 21.1 Å². The molecule has 4 heteroatoms. The third-order valence-corrected chi connectivity index (χ3v) is 3.95. The van der Waals surface area contributed by atoms with Gasteiger partial charge in [-0.2, -0.15) is 0 Å². The highest BCUT2D eigenvalue weighted by atomic mass is 35.5. The van der Waals surface area contributed by atoms with Crippen molar-refractivity contribution >= 4 is 11.6 Å². The highest BCUT2D eigenvalue weighted by molar-refractivity contribution is 6.32. The second kappa shape index (κ2) is 5.47. The summed E-state index contributed by atoms with van der Waals surface area (Å²) in [6.07, 6.45) is 2.17. The fourth-order valence-corrected chi connectivity index (χ4v) is 2.98. The number of nitrogens with one attached hydrogen (secondary N) is 1. The largest absolute Gasteiger partial charge is 0.495 e. The van der Waals surface area contributed by atoms with Crippen molar-refractivity contribution < 1.29 is 9.47 Å². The zero-order valence-electron chi connectivity index (χ0n) is 11.1. The molecule has 0 spiro atoms. The van der Waals surface area contributed by atoms with Crippen LogP contribution in [0.4, 0.5) is 0 Å². The summed E-state index contributed by atoms with van der Waals surface area (Å²) in [7, 11) is 3.58. The van der Waals surface area contributed by atoms with Crippen LogP contribution in [0.25, 0.3) is 0 Å². The molecule has 2 rings (SSSR count). The van der Waals surface area contributed by atoms with Gasteiger partial charge in [-0.05, 0) is 44.5 Å². The SMILES string of the molecule is CNC(c1ccc(OC)c(Cl)c1)C1(C)CCCO1. The molecule has 1 aliphatic rings. The summed E-state index contributed by atoms with van der Waals surface area (Å²) >= 11 is 6.19. The lowest BCUT2D eigenvalue weighted by atomic mass is 9.88. The van der Waals surface area contributed by atoms with E-state index in [1.165, 1.54) is 0 Å².